The molecule has 3 nitrogen and oxygen atoms in total. The Kier molecular flexibility index (Phi) is 5.69. The summed E-state index contributed by atoms with van der Waals surface area (Å²) >= 11 is 0. The molecule has 7 heteroatoms. The van der Waals surface area contributed by atoms with E-state index >= 15 is 0 Å². The fourth-order valence-corrected chi connectivity index (χ4v) is 2.73. The van der Waals surface area contributed by atoms with Crippen molar-refractivity contribution in [2.75, 3.05) is 5.32 Å². The fourth-order valence-electron chi connectivity index (χ4n) is 2.73. The van der Waals surface area contributed by atoms with Crippen LogP contribution in [0.15, 0.2) is 48.7 Å². The summed E-state index contributed by atoms with van der Waals surface area (Å²) in [6.07, 6.45) is 2.38. The minimum absolute atomic E-state index is 0.343. The van der Waals surface area contributed by atoms with E-state index in [0.29, 0.717) is 29.9 Å². The third kappa shape index (κ3) is 4.81. The van der Waals surface area contributed by atoms with Gasteiger partial charge in [0.05, 0.1) is 6.04 Å². The van der Waals surface area contributed by atoms with Crippen LogP contribution in [0.1, 0.15) is 29.3 Å². The zero-order valence-corrected chi connectivity index (χ0v) is 14.5. The van der Waals surface area contributed by atoms with Gasteiger partial charge in [0.25, 0.3) is 0 Å². The maximum Gasteiger partial charge on any atom is 0.223 e. The van der Waals surface area contributed by atoms with Gasteiger partial charge >= 0.3 is 0 Å². The number of anilines is 1. The van der Waals surface area contributed by atoms with E-state index in [1.807, 2.05) is 0 Å². The monoisotopic (exact) mass is 375 g/mol. The molecule has 3 aromatic rings. The van der Waals surface area contributed by atoms with Crippen molar-refractivity contribution >= 4 is 5.95 Å². The molecule has 27 heavy (non-hydrogen) atoms. The Bertz CT molecular complexity index is 946. The maximum atomic E-state index is 13.7. The Morgan fingerprint density at radius 2 is 1.59 bits per heavy atom. The zero-order valence-electron chi connectivity index (χ0n) is 14.5. The first-order chi connectivity index (χ1) is 12.9. The smallest absolute Gasteiger partial charge is 0.223 e. The van der Waals surface area contributed by atoms with Crippen LogP contribution < -0.4 is 5.32 Å². The third-order valence-corrected chi connectivity index (χ3v) is 4.15. The molecule has 0 aliphatic carbocycles. The molecule has 1 unspecified atom stereocenters. The Balaban J connectivity index is 1.84. The average molecular weight is 375 g/mol. The minimum atomic E-state index is -0.961. The van der Waals surface area contributed by atoms with E-state index in [2.05, 4.69) is 15.3 Å². The van der Waals surface area contributed by atoms with E-state index in [0.717, 1.165) is 30.0 Å². The molecular weight excluding hydrogens is 358 g/mol. The van der Waals surface area contributed by atoms with Gasteiger partial charge in [0.15, 0.2) is 23.3 Å². The Labute approximate surface area is 154 Å². The second-order valence-corrected chi connectivity index (χ2v) is 6.18. The Morgan fingerprint density at radius 3 is 2.26 bits per heavy atom. The molecule has 1 aromatic heterocycles. The molecule has 0 bridgehead atoms. The van der Waals surface area contributed by atoms with Crippen LogP contribution >= 0.6 is 0 Å². The second-order valence-electron chi connectivity index (χ2n) is 6.18. The standard InChI is InChI=1S/C20H17F4N3/c1-12-8-9-25-20(26-12)27-19(14-4-6-16(22)18(24)11-14)7-3-13-2-5-15(21)17(23)10-13/h2,4-6,8-11,19H,3,7H2,1H3,(H,25,26,27). The van der Waals surface area contributed by atoms with E-state index in [-0.39, 0.29) is 0 Å². The molecule has 1 heterocycles. The SMILES string of the molecule is Cc1ccnc(NC(CCc2ccc(F)c(F)c2)c2ccc(F)c(F)c2)n1. The number of benzene rings is 2. The number of aryl methyl sites for hydroxylation is 2. The van der Waals surface area contributed by atoms with Crippen LogP contribution in [0.25, 0.3) is 0 Å². The molecule has 2 aromatic carbocycles. The van der Waals surface area contributed by atoms with Crippen LogP contribution in [-0.2, 0) is 6.42 Å². The van der Waals surface area contributed by atoms with Crippen molar-refractivity contribution in [1.82, 2.24) is 9.97 Å². The maximum absolute atomic E-state index is 13.7. The number of hydrogen-bond acceptors (Lipinski definition) is 3. The highest BCUT2D eigenvalue weighted by Crippen LogP contribution is 2.25. The van der Waals surface area contributed by atoms with Crippen LogP contribution in [0, 0.1) is 30.2 Å². The molecule has 0 fully saturated rings. The summed E-state index contributed by atoms with van der Waals surface area (Å²) in [5.74, 6) is -3.40. The number of nitrogens with one attached hydrogen (secondary N) is 1. The van der Waals surface area contributed by atoms with Crippen molar-refractivity contribution < 1.29 is 17.6 Å². The molecule has 3 rings (SSSR count). The molecule has 0 aliphatic heterocycles. The van der Waals surface area contributed by atoms with Gasteiger partial charge in [-0.1, -0.05) is 12.1 Å². The summed E-state index contributed by atoms with van der Waals surface area (Å²) in [5.41, 5.74) is 1.84. The molecule has 0 amide bonds. The molecule has 0 radical (unpaired) electrons. The van der Waals surface area contributed by atoms with Crippen molar-refractivity contribution in [3.63, 3.8) is 0 Å². The first-order valence-corrected chi connectivity index (χ1v) is 8.37. The normalized spacial score (nSPS) is 12.0. The van der Waals surface area contributed by atoms with Gasteiger partial charge in [-0.15, -0.1) is 0 Å². The van der Waals surface area contributed by atoms with Gasteiger partial charge in [0.1, 0.15) is 0 Å². The quantitative estimate of drug-likeness (QED) is 0.607. The Hall–Kier alpha value is -2.96. The Morgan fingerprint density at radius 1 is 0.889 bits per heavy atom. The molecule has 1 N–H and O–H groups in total. The molecule has 0 spiro atoms. The van der Waals surface area contributed by atoms with Gasteiger partial charge in [0.2, 0.25) is 5.95 Å². The lowest BCUT2D eigenvalue weighted by Crippen LogP contribution is -2.15. The highest BCUT2D eigenvalue weighted by molar-refractivity contribution is 5.33. The fraction of sp³-hybridized carbons (Fsp3) is 0.200. The number of rotatable bonds is 6. The highest BCUT2D eigenvalue weighted by Gasteiger charge is 2.16. The number of hydrogen-bond donors (Lipinski definition) is 1. The van der Waals surface area contributed by atoms with E-state index in [1.165, 1.54) is 12.1 Å². The van der Waals surface area contributed by atoms with Gasteiger partial charge in [-0.05, 0) is 61.2 Å². The molecule has 0 saturated heterocycles. The molecule has 0 aliphatic rings. The minimum Gasteiger partial charge on any atom is -0.347 e. The van der Waals surface area contributed by atoms with E-state index in [1.54, 1.807) is 19.2 Å². The summed E-state index contributed by atoms with van der Waals surface area (Å²) in [6.45, 7) is 1.81. The van der Waals surface area contributed by atoms with Crippen molar-refractivity contribution in [3.8, 4) is 0 Å². The third-order valence-electron chi connectivity index (χ3n) is 4.15. The largest absolute Gasteiger partial charge is 0.347 e. The summed E-state index contributed by atoms with van der Waals surface area (Å²) in [5, 5.41) is 3.10. The van der Waals surface area contributed by atoms with Crippen LogP contribution in [-0.4, -0.2) is 9.97 Å². The molecule has 140 valence electrons. The van der Waals surface area contributed by atoms with Gasteiger partial charge in [-0.2, -0.15) is 0 Å². The van der Waals surface area contributed by atoms with E-state index in [9.17, 15) is 17.6 Å². The second kappa shape index (κ2) is 8.16. The van der Waals surface area contributed by atoms with Crippen LogP contribution in [0.2, 0.25) is 0 Å². The molecular formula is C20H17F4N3. The molecule has 1 atom stereocenters. The van der Waals surface area contributed by atoms with Crippen molar-refractivity contribution in [2.45, 2.75) is 25.8 Å². The first-order valence-electron chi connectivity index (χ1n) is 8.37. The van der Waals surface area contributed by atoms with Gasteiger partial charge in [0, 0.05) is 11.9 Å². The van der Waals surface area contributed by atoms with Crippen LogP contribution in [0.4, 0.5) is 23.5 Å². The lowest BCUT2D eigenvalue weighted by Gasteiger charge is -2.20. The zero-order chi connectivity index (χ0) is 19.4. The number of halogens is 4. The van der Waals surface area contributed by atoms with Gasteiger partial charge in [-0.3, -0.25) is 0 Å². The lowest BCUT2D eigenvalue weighted by atomic mass is 9.98. The predicted molar refractivity (Wildman–Crippen MR) is 94.2 cm³/mol. The van der Waals surface area contributed by atoms with Crippen LogP contribution in [0.3, 0.4) is 0 Å². The summed E-state index contributed by atoms with van der Waals surface area (Å²) in [7, 11) is 0. The van der Waals surface area contributed by atoms with Gasteiger partial charge < -0.3 is 5.32 Å². The summed E-state index contributed by atoms with van der Waals surface area (Å²) in [6, 6.07) is 8.59. The van der Waals surface area contributed by atoms with Gasteiger partial charge in [-0.25, -0.2) is 27.5 Å². The van der Waals surface area contributed by atoms with Crippen molar-refractivity contribution in [3.05, 3.63) is 88.8 Å². The van der Waals surface area contributed by atoms with Crippen LogP contribution in [0.5, 0.6) is 0 Å². The van der Waals surface area contributed by atoms with Crippen molar-refractivity contribution in [1.29, 1.82) is 0 Å². The predicted octanol–water partition coefficient (Wildman–Crippen LogP) is 5.13. The highest BCUT2D eigenvalue weighted by atomic mass is 19.2. The van der Waals surface area contributed by atoms with E-state index in [4.69, 9.17) is 0 Å². The topological polar surface area (TPSA) is 37.8 Å². The number of aromatic nitrogens is 2. The first kappa shape index (κ1) is 18.8. The van der Waals surface area contributed by atoms with E-state index < -0.39 is 29.3 Å². The summed E-state index contributed by atoms with van der Waals surface area (Å²) in [4.78, 5) is 8.39. The molecule has 0 saturated carbocycles. The lowest BCUT2D eigenvalue weighted by molar-refractivity contribution is 0.504. The average Bonchev–Trinajstić information content (AvgIpc) is 2.64. The number of nitrogens with zero attached hydrogens (tertiary/aromatic N) is 2. The summed E-state index contributed by atoms with van der Waals surface area (Å²) < 4.78 is 53.5. The van der Waals surface area contributed by atoms with Crippen molar-refractivity contribution in [2.24, 2.45) is 0 Å².